The number of nitriles is 1. The first-order valence-electron chi connectivity index (χ1n) is 26.9. The zero-order valence-electron chi connectivity index (χ0n) is 38.8. The highest BCUT2D eigenvalue weighted by Gasteiger charge is 2.57. The third-order valence-corrected chi connectivity index (χ3v) is 21.1. The van der Waals surface area contributed by atoms with Gasteiger partial charge in [0.1, 0.15) is 11.5 Å². The number of hydrogen-bond donors (Lipinski definition) is 2. The summed E-state index contributed by atoms with van der Waals surface area (Å²) in [5.74, 6) is 6.36. The summed E-state index contributed by atoms with van der Waals surface area (Å²) >= 11 is 2.22. The van der Waals surface area contributed by atoms with Gasteiger partial charge in [-0.3, -0.25) is 10.2 Å². The molecule has 4 aliphatic heterocycles. The number of furan rings is 1. The Morgan fingerprint density at radius 1 is 0.788 bits per heavy atom. The molecule has 16 atom stereocenters. The van der Waals surface area contributed by atoms with Crippen molar-refractivity contribution in [3.63, 3.8) is 0 Å². The third-order valence-electron chi connectivity index (χ3n) is 19.6. The van der Waals surface area contributed by atoms with Crippen LogP contribution in [0.15, 0.2) is 99.5 Å². The van der Waals surface area contributed by atoms with E-state index in [0.717, 1.165) is 31.1 Å². The molecule has 5 heterocycles. The van der Waals surface area contributed by atoms with Gasteiger partial charge in [-0.1, -0.05) is 105 Å². The summed E-state index contributed by atoms with van der Waals surface area (Å²) in [4.78, 5) is 7.57. The maximum Gasteiger partial charge on any atom is 0.117 e. The fourth-order valence-electron chi connectivity index (χ4n) is 16.8. The molecule has 5 fully saturated rings. The molecule has 8 aliphatic carbocycles. The Kier molecular flexibility index (Phi) is 10.3. The zero-order valence-corrected chi connectivity index (χ0v) is 39.6. The Morgan fingerprint density at radius 2 is 1.70 bits per heavy atom. The van der Waals surface area contributed by atoms with Gasteiger partial charge in [0, 0.05) is 76.1 Å². The molecule has 1 aromatic carbocycles. The SMILES string of the molecule is N#CC1C=C(C2C=C(C3CCC4C(C3)SC3=CC=CCC34)NC(C3C=CCCC3)N2)C(N2C3C=Cc4c(oc5c4C=CCC5)C3C3CCCCC32)CC1N1c2ccccc2C2CCCCC21. The number of likely N-dealkylation sites (tertiary alicyclic amines) is 1. The third kappa shape index (κ3) is 6.53. The largest absolute Gasteiger partial charge is 0.464 e. The highest BCUT2D eigenvalue weighted by Crippen LogP contribution is 2.59. The van der Waals surface area contributed by atoms with Gasteiger partial charge in [0.25, 0.3) is 0 Å². The van der Waals surface area contributed by atoms with E-state index in [4.69, 9.17) is 4.42 Å². The topological polar surface area (TPSA) is 67.5 Å². The molecule has 14 rings (SSSR count). The second-order valence-electron chi connectivity index (χ2n) is 22.6. The maximum atomic E-state index is 11.6. The molecular weight excluding hydrogens is 827 g/mol. The molecule has 342 valence electrons. The van der Waals surface area contributed by atoms with Crippen LogP contribution in [0.3, 0.4) is 0 Å². The van der Waals surface area contributed by atoms with Crippen LogP contribution in [-0.2, 0) is 6.42 Å². The second-order valence-corrected chi connectivity index (χ2v) is 24.0. The van der Waals surface area contributed by atoms with Crippen molar-refractivity contribution < 1.29 is 4.42 Å². The van der Waals surface area contributed by atoms with Crippen LogP contribution in [0.4, 0.5) is 5.69 Å². The van der Waals surface area contributed by atoms with Crippen molar-refractivity contribution in [3.05, 3.63) is 123 Å². The van der Waals surface area contributed by atoms with E-state index in [2.05, 4.69) is 129 Å². The van der Waals surface area contributed by atoms with E-state index >= 15 is 0 Å². The van der Waals surface area contributed by atoms with E-state index in [0.29, 0.717) is 46.9 Å². The van der Waals surface area contributed by atoms with Crippen LogP contribution in [0.5, 0.6) is 0 Å². The van der Waals surface area contributed by atoms with Crippen LogP contribution in [0.2, 0.25) is 0 Å². The highest BCUT2D eigenvalue weighted by molar-refractivity contribution is 8.04. The number of fused-ring (bicyclic) bond motifs is 13. The standard InChI is InChI=1S/C59H69N5OS/c60-34-37-30-45(47-32-46(61-59(62-47)35-14-2-1-3-15-35)36-26-27-42-41-19-8-13-25-55(41)66-56(42)31-36)53(33-52(37)63-48-21-9-4-16-38(48)39-17-5-10-22-49(39)63)64-50-23-11-6-20-44(50)57-51(64)29-28-43-40-18-7-12-24-54(40)65-58(43)57/h2,4,7-9,13-14,16,18,21,25,28-30,32,35-37,39,41-42,44,47,49-53,56-57,59,61-62H,1,3,5-6,10-12,15,17,19-20,22-24,26-27,31,33H2. The molecule has 2 saturated heterocycles. The average Bonchev–Trinajstić information content (AvgIpc) is 4.13. The van der Waals surface area contributed by atoms with Gasteiger partial charge in [-0.15, -0.1) is 11.8 Å². The highest BCUT2D eigenvalue weighted by atomic mass is 32.2. The van der Waals surface area contributed by atoms with E-state index in [1.165, 1.54) is 141 Å². The summed E-state index contributed by atoms with van der Waals surface area (Å²) in [6.07, 6.45) is 49.4. The Balaban J connectivity index is 0.887. The number of para-hydroxylation sites is 1. The summed E-state index contributed by atoms with van der Waals surface area (Å²) in [6.45, 7) is 0. The Morgan fingerprint density at radius 3 is 2.62 bits per heavy atom. The number of anilines is 1. The van der Waals surface area contributed by atoms with Gasteiger partial charge < -0.3 is 14.6 Å². The molecular formula is C59H69N5OS. The number of hydrogen-bond acceptors (Lipinski definition) is 7. The Bertz CT molecular complexity index is 2520. The first kappa shape index (κ1) is 41.1. The molecule has 0 spiro atoms. The molecule has 0 radical (unpaired) electrons. The summed E-state index contributed by atoms with van der Waals surface area (Å²) in [7, 11) is 0. The van der Waals surface area contributed by atoms with Crippen molar-refractivity contribution in [3.8, 4) is 6.07 Å². The molecule has 1 aromatic heterocycles. The van der Waals surface area contributed by atoms with Crippen molar-refractivity contribution in [2.45, 2.75) is 175 Å². The normalized spacial score (nSPS) is 41.7. The minimum absolute atomic E-state index is 0.0744. The van der Waals surface area contributed by atoms with Gasteiger partial charge in [-0.25, -0.2) is 0 Å². The minimum Gasteiger partial charge on any atom is -0.464 e. The van der Waals surface area contributed by atoms with Gasteiger partial charge in [-0.05, 0) is 135 Å². The molecule has 12 aliphatic rings. The number of rotatable bonds is 5. The van der Waals surface area contributed by atoms with E-state index in [-0.39, 0.29) is 36.3 Å². The van der Waals surface area contributed by atoms with Gasteiger partial charge >= 0.3 is 0 Å². The van der Waals surface area contributed by atoms with E-state index in [1.807, 2.05) is 0 Å². The fourth-order valence-corrected chi connectivity index (χ4v) is 18.5. The molecule has 2 aromatic rings. The molecule has 0 amide bonds. The Labute approximate surface area is 397 Å². The van der Waals surface area contributed by atoms with Crippen molar-refractivity contribution in [1.29, 1.82) is 5.26 Å². The number of allylic oxidation sites excluding steroid dienone is 7. The smallest absolute Gasteiger partial charge is 0.117 e. The minimum atomic E-state index is -0.181. The van der Waals surface area contributed by atoms with Crippen molar-refractivity contribution in [2.24, 2.45) is 35.5 Å². The van der Waals surface area contributed by atoms with Crippen molar-refractivity contribution in [2.75, 3.05) is 4.90 Å². The monoisotopic (exact) mass is 896 g/mol. The van der Waals surface area contributed by atoms with Crippen LogP contribution in [-0.4, -0.2) is 52.6 Å². The van der Waals surface area contributed by atoms with Crippen molar-refractivity contribution in [1.82, 2.24) is 15.5 Å². The summed E-state index contributed by atoms with van der Waals surface area (Å²) in [5.41, 5.74) is 8.63. The Hall–Kier alpha value is -3.96. The van der Waals surface area contributed by atoms with Gasteiger partial charge in [0.15, 0.2) is 0 Å². The molecule has 3 saturated carbocycles. The lowest BCUT2D eigenvalue weighted by Gasteiger charge is -2.50. The number of benzene rings is 1. The van der Waals surface area contributed by atoms with Gasteiger partial charge in [0.05, 0.1) is 30.2 Å². The molecule has 2 N–H and O–H groups in total. The first-order valence-corrected chi connectivity index (χ1v) is 27.8. The lowest BCUT2D eigenvalue weighted by molar-refractivity contribution is 0.107. The molecule has 66 heavy (non-hydrogen) atoms. The predicted octanol–water partition coefficient (Wildman–Crippen LogP) is 12.5. The fraction of sp³-hybridized carbons (Fsp3) is 0.576. The van der Waals surface area contributed by atoms with Crippen LogP contribution in [0.25, 0.3) is 12.2 Å². The summed E-state index contributed by atoms with van der Waals surface area (Å²) in [6, 6.07) is 14.1. The number of aryl methyl sites for hydroxylation is 1. The number of nitrogens with zero attached hydrogens (tertiary/aromatic N) is 3. The number of nitrogens with one attached hydrogen (secondary N) is 2. The lowest BCUT2D eigenvalue weighted by atomic mass is 9.72. The predicted molar refractivity (Wildman–Crippen MR) is 268 cm³/mol. The van der Waals surface area contributed by atoms with Crippen LogP contribution < -0.4 is 15.5 Å². The quantitative estimate of drug-likeness (QED) is 0.290. The molecule has 7 heteroatoms. The molecule has 16 unspecified atom stereocenters. The van der Waals surface area contributed by atoms with Crippen molar-refractivity contribution >= 4 is 29.6 Å². The van der Waals surface area contributed by atoms with Gasteiger partial charge in [-0.2, -0.15) is 5.26 Å². The van der Waals surface area contributed by atoms with E-state index in [9.17, 15) is 5.26 Å². The number of thioether (sulfide) groups is 1. The van der Waals surface area contributed by atoms with Crippen LogP contribution in [0, 0.1) is 46.8 Å². The van der Waals surface area contributed by atoms with E-state index in [1.54, 1.807) is 4.91 Å². The maximum absolute atomic E-state index is 11.6. The van der Waals surface area contributed by atoms with Crippen LogP contribution in [0.1, 0.15) is 149 Å². The first-order chi connectivity index (χ1) is 32.7. The average molecular weight is 896 g/mol. The summed E-state index contributed by atoms with van der Waals surface area (Å²) < 4.78 is 7.09. The van der Waals surface area contributed by atoms with Crippen LogP contribution >= 0.6 is 11.8 Å². The van der Waals surface area contributed by atoms with E-state index < -0.39 is 0 Å². The molecule has 0 bridgehead atoms. The second kappa shape index (κ2) is 16.6. The summed E-state index contributed by atoms with van der Waals surface area (Å²) in [5, 5.41) is 20.9. The zero-order chi connectivity index (χ0) is 43.5. The lowest BCUT2D eigenvalue weighted by Crippen LogP contribution is -2.61. The van der Waals surface area contributed by atoms with Gasteiger partial charge in [0.2, 0.25) is 0 Å². The molecule has 6 nitrogen and oxygen atoms in total.